The number of cyclic esters (lactones) is 1. The van der Waals surface area contributed by atoms with Crippen molar-refractivity contribution in [2.75, 3.05) is 0 Å². The van der Waals surface area contributed by atoms with Gasteiger partial charge in [-0.25, -0.2) is 9.59 Å². The molecular weight excluding hydrogens is 596 g/mol. The molecule has 0 amide bonds. The van der Waals surface area contributed by atoms with Crippen LogP contribution < -0.4 is 0 Å². The van der Waals surface area contributed by atoms with Crippen molar-refractivity contribution in [2.24, 2.45) is 23.7 Å². The number of esters is 2. The average Bonchev–Trinajstić information content (AvgIpc) is 3.22. The second-order valence-electron chi connectivity index (χ2n) is 12.8. The Hall–Kier alpha value is -3.12. The van der Waals surface area contributed by atoms with Crippen molar-refractivity contribution in [2.45, 2.75) is 124 Å². The Balaban J connectivity index is 2.52. The summed E-state index contributed by atoms with van der Waals surface area (Å²) in [5, 5.41) is 51.0. The number of aliphatic carboxylic acids is 1. The molecule has 0 aromatic rings. The van der Waals surface area contributed by atoms with E-state index in [-0.39, 0.29) is 35.4 Å². The highest BCUT2D eigenvalue weighted by Crippen LogP contribution is 2.29. The third-order valence-electron chi connectivity index (χ3n) is 8.77. The van der Waals surface area contributed by atoms with Gasteiger partial charge in [-0.05, 0) is 63.4 Å². The van der Waals surface area contributed by atoms with Gasteiger partial charge in [0.15, 0.2) is 0 Å². The minimum Gasteiger partial charge on any atom is -0.478 e. The number of carboxylic acids is 1. The van der Waals surface area contributed by atoms with E-state index in [1.54, 1.807) is 33.8 Å². The van der Waals surface area contributed by atoms with Crippen molar-refractivity contribution in [3.05, 3.63) is 47.3 Å². The van der Waals surface area contributed by atoms with Gasteiger partial charge in [-0.2, -0.15) is 0 Å². The van der Waals surface area contributed by atoms with Crippen LogP contribution in [0.5, 0.6) is 0 Å². The van der Waals surface area contributed by atoms with Crippen LogP contribution in [0.25, 0.3) is 0 Å². The van der Waals surface area contributed by atoms with Gasteiger partial charge in [0.1, 0.15) is 17.6 Å². The number of hydrogen-bond donors (Lipinski definition) is 5. The largest absolute Gasteiger partial charge is 0.478 e. The molecular formula is C35H54O11. The second-order valence-corrected chi connectivity index (χ2v) is 12.8. The van der Waals surface area contributed by atoms with Crippen LogP contribution in [-0.2, 0) is 28.7 Å². The zero-order chi connectivity index (χ0) is 35.3. The molecule has 5 N–H and O–H groups in total. The summed E-state index contributed by atoms with van der Waals surface area (Å²) in [6.07, 6.45) is 1.48. The second kappa shape index (κ2) is 19.5. The zero-order valence-corrected chi connectivity index (χ0v) is 28.3. The molecule has 9 atom stereocenters. The minimum atomic E-state index is -1.43. The predicted molar refractivity (Wildman–Crippen MR) is 172 cm³/mol. The third kappa shape index (κ3) is 13.7. The lowest BCUT2D eigenvalue weighted by Crippen LogP contribution is -2.36. The van der Waals surface area contributed by atoms with Crippen LogP contribution in [0.2, 0.25) is 0 Å². The molecule has 11 heteroatoms. The predicted octanol–water partition coefficient (Wildman–Crippen LogP) is 4.18. The Kier molecular flexibility index (Phi) is 17.4. The van der Waals surface area contributed by atoms with Crippen molar-refractivity contribution in [1.82, 2.24) is 0 Å². The summed E-state index contributed by atoms with van der Waals surface area (Å²) >= 11 is 0. The molecule has 0 aromatic heterocycles. The fourth-order valence-electron chi connectivity index (χ4n) is 5.46. The van der Waals surface area contributed by atoms with Crippen LogP contribution in [-0.4, -0.2) is 79.7 Å². The first-order valence-electron chi connectivity index (χ1n) is 16.1. The first kappa shape index (κ1) is 40.9. The van der Waals surface area contributed by atoms with Gasteiger partial charge in [0.25, 0.3) is 0 Å². The summed E-state index contributed by atoms with van der Waals surface area (Å²) in [6, 6.07) is 0. The number of hydrogen-bond acceptors (Lipinski definition) is 10. The Bertz CT molecular complexity index is 1170. The number of rotatable bonds is 21. The first-order valence-corrected chi connectivity index (χ1v) is 16.1. The Morgan fingerprint density at radius 2 is 1.54 bits per heavy atom. The van der Waals surface area contributed by atoms with Gasteiger partial charge in [0, 0.05) is 29.9 Å². The number of Topliss-reactive ketones (excluding diaryl/α,β-unsaturated/α-hetero) is 1. The molecule has 1 aliphatic heterocycles. The molecule has 0 fully saturated rings. The van der Waals surface area contributed by atoms with E-state index in [9.17, 15) is 39.6 Å². The molecule has 0 saturated heterocycles. The maximum absolute atomic E-state index is 12.9. The molecule has 0 bridgehead atoms. The number of aliphatic hydroxyl groups is 4. The van der Waals surface area contributed by atoms with Crippen LogP contribution in [0.15, 0.2) is 47.3 Å². The molecule has 1 heterocycles. The number of allylic oxidation sites excluding steroid dienone is 3. The van der Waals surface area contributed by atoms with Gasteiger partial charge in [0.2, 0.25) is 0 Å². The molecule has 0 spiro atoms. The van der Waals surface area contributed by atoms with Gasteiger partial charge in [-0.1, -0.05) is 53.3 Å². The van der Waals surface area contributed by atoms with E-state index >= 15 is 0 Å². The molecule has 46 heavy (non-hydrogen) atoms. The summed E-state index contributed by atoms with van der Waals surface area (Å²) in [7, 11) is 0. The van der Waals surface area contributed by atoms with Crippen molar-refractivity contribution in [3.63, 3.8) is 0 Å². The van der Waals surface area contributed by atoms with Crippen molar-refractivity contribution in [1.29, 1.82) is 0 Å². The highest BCUT2D eigenvalue weighted by atomic mass is 16.5. The molecule has 0 aliphatic carbocycles. The lowest BCUT2D eigenvalue weighted by molar-refractivity contribution is -0.154. The molecule has 11 nitrogen and oxygen atoms in total. The summed E-state index contributed by atoms with van der Waals surface area (Å²) in [4.78, 5) is 47.9. The highest BCUT2D eigenvalue weighted by Gasteiger charge is 2.34. The molecule has 1 rings (SSSR count). The number of carbonyl (C=O) groups is 4. The van der Waals surface area contributed by atoms with E-state index in [0.29, 0.717) is 31.3 Å². The highest BCUT2D eigenvalue weighted by molar-refractivity contribution is 5.96. The number of aliphatic hydroxyl groups excluding tert-OH is 4. The summed E-state index contributed by atoms with van der Waals surface area (Å²) in [5.41, 5.74) is 1.06. The van der Waals surface area contributed by atoms with Gasteiger partial charge < -0.3 is 35.0 Å². The molecule has 260 valence electrons. The van der Waals surface area contributed by atoms with Crippen LogP contribution in [0, 0.1) is 23.7 Å². The summed E-state index contributed by atoms with van der Waals surface area (Å²) < 4.78 is 10.2. The number of carboxylic acid groups (broad SMARTS) is 1. The van der Waals surface area contributed by atoms with Crippen LogP contribution in [0.3, 0.4) is 0 Å². The molecule has 0 aromatic carbocycles. The molecule has 5 unspecified atom stereocenters. The van der Waals surface area contributed by atoms with Crippen LogP contribution in [0.1, 0.15) is 93.4 Å². The van der Waals surface area contributed by atoms with E-state index in [0.717, 1.165) is 18.1 Å². The topological polar surface area (TPSA) is 188 Å². The number of ether oxygens (including phenoxy) is 2. The van der Waals surface area contributed by atoms with Crippen LogP contribution in [0.4, 0.5) is 0 Å². The molecule has 0 saturated carbocycles. The monoisotopic (exact) mass is 650 g/mol. The Labute approximate surface area is 272 Å². The van der Waals surface area contributed by atoms with E-state index in [1.807, 2.05) is 20.8 Å². The Morgan fingerprint density at radius 1 is 0.913 bits per heavy atom. The van der Waals surface area contributed by atoms with Crippen LogP contribution >= 0.6 is 0 Å². The standard InChI is InChI=1S/C35H54O11/c1-9-26(11-13-32(41)42)16-27(36)15-20(3)14-19(2)10-12-28(37)23(6)30(39)17-29(38)21(4)24(7)45-33(43)18-31(40)34-22(5)25(8)46-35(34)44/h11,13,16,19-21,23-24,27-29,31,36-38,40H,8-10,12,14-15,17-18H2,1-7H3,(H,41,42)/b13-11+,26-16?/t19?,20-,21-,23+,24-,27?,28?,29?,31?/m1/s1. The lowest BCUT2D eigenvalue weighted by Gasteiger charge is -2.27. The van der Waals surface area contributed by atoms with Gasteiger partial charge in [-0.15, -0.1) is 0 Å². The van der Waals surface area contributed by atoms with Crippen molar-refractivity contribution in [3.8, 4) is 0 Å². The average molecular weight is 651 g/mol. The maximum Gasteiger partial charge on any atom is 0.342 e. The van der Waals surface area contributed by atoms with Gasteiger partial charge in [-0.3, -0.25) is 9.59 Å². The maximum atomic E-state index is 12.9. The number of carbonyl (C=O) groups excluding carboxylic acids is 3. The smallest absolute Gasteiger partial charge is 0.342 e. The fraction of sp³-hybridized carbons (Fsp3) is 0.657. The zero-order valence-electron chi connectivity index (χ0n) is 28.3. The fourth-order valence-corrected chi connectivity index (χ4v) is 5.46. The van der Waals surface area contributed by atoms with E-state index in [1.165, 1.54) is 6.08 Å². The molecule has 0 radical (unpaired) electrons. The Morgan fingerprint density at radius 3 is 2.09 bits per heavy atom. The minimum absolute atomic E-state index is 0.0499. The van der Waals surface area contributed by atoms with E-state index in [2.05, 4.69) is 6.58 Å². The van der Waals surface area contributed by atoms with E-state index in [4.69, 9.17) is 14.6 Å². The quantitative estimate of drug-likeness (QED) is 0.0681. The summed E-state index contributed by atoms with van der Waals surface area (Å²) in [6.45, 7) is 15.9. The lowest BCUT2D eigenvalue weighted by atomic mass is 9.85. The van der Waals surface area contributed by atoms with E-state index < -0.39 is 66.7 Å². The van der Waals surface area contributed by atoms with Crippen molar-refractivity contribution >= 4 is 23.7 Å². The third-order valence-corrected chi connectivity index (χ3v) is 8.77. The van der Waals surface area contributed by atoms with Gasteiger partial charge >= 0.3 is 17.9 Å². The summed E-state index contributed by atoms with van der Waals surface area (Å²) in [5.74, 6) is -3.74. The van der Waals surface area contributed by atoms with Crippen molar-refractivity contribution < 1.29 is 54.2 Å². The van der Waals surface area contributed by atoms with Gasteiger partial charge in [0.05, 0.1) is 36.4 Å². The first-order chi connectivity index (χ1) is 21.4. The molecule has 1 aliphatic rings. The normalized spacial score (nSPS) is 20.0. The number of ketones is 1. The SMILES string of the molecule is C=C1OC(=O)C(C(O)CC(=O)O[C@H](C)[C@@H](C)C(O)CC(=O)[C@@H](C)C(O)CCC(C)C[C@@H](C)CC(O)C=C(/C=C/C(=O)O)CC)=C1C.